The van der Waals surface area contributed by atoms with Crippen LogP contribution in [-0.2, 0) is 9.53 Å². The van der Waals surface area contributed by atoms with E-state index in [1.165, 1.54) is 45.6 Å². The Balaban J connectivity index is 1.60. The standard InChI is InChI=1S/C15H25NO2/c1-10(14(17)18-2)9-16-15-6-11-3-12(7-15)5-13(4-11)8-15/h10-13,16H,3-9H2,1-2H3. The van der Waals surface area contributed by atoms with E-state index in [-0.39, 0.29) is 11.9 Å². The first-order valence-corrected chi connectivity index (χ1v) is 7.43. The lowest BCUT2D eigenvalue weighted by Gasteiger charge is -2.57. The molecular weight excluding hydrogens is 226 g/mol. The van der Waals surface area contributed by atoms with Gasteiger partial charge in [-0.15, -0.1) is 0 Å². The quantitative estimate of drug-likeness (QED) is 0.779. The molecule has 4 fully saturated rings. The number of carbonyl (C=O) groups excluding carboxylic acids is 1. The van der Waals surface area contributed by atoms with E-state index in [1.54, 1.807) is 0 Å². The maximum Gasteiger partial charge on any atom is 0.309 e. The number of rotatable bonds is 4. The summed E-state index contributed by atoms with van der Waals surface area (Å²) in [6.07, 6.45) is 8.42. The molecule has 4 aliphatic carbocycles. The van der Waals surface area contributed by atoms with Gasteiger partial charge in [-0.1, -0.05) is 6.92 Å². The van der Waals surface area contributed by atoms with Gasteiger partial charge in [0.2, 0.25) is 0 Å². The maximum atomic E-state index is 11.5. The van der Waals surface area contributed by atoms with Gasteiger partial charge in [-0.25, -0.2) is 0 Å². The van der Waals surface area contributed by atoms with Crippen LogP contribution < -0.4 is 5.32 Å². The Bertz CT molecular complexity index is 304. The summed E-state index contributed by atoms with van der Waals surface area (Å²) in [7, 11) is 1.48. The van der Waals surface area contributed by atoms with Crippen molar-refractivity contribution in [2.75, 3.05) is 13.7 Å². The van der Waals surface area contributed by atoms with E-state index in [4.69, 9.17) is 4.74 Å². The molecule has 4 aliphatic rings. The molecule has 0 aliphatic heterocycles. The molecule has 3 heteroatoms. The van der Waals surface area contributed by atoms with Crippen LogP contribution in [0.3, 0.4) is 0 Å². The summed E-state index contributed by atoms with van der Waals surface area (Å²) in [6.45, 7) is 2.73. The topological polar surface area (TPSA) is 38.3 Å². The molecule has 18 heavy (non-hydrogen) atoms. The Morgan fingerprint density at radius 1 is 1.22 bits per heavy atom. The van der Waals surface area contributed by atoms with Gasteiger partial charge >= 0.3 is 5.97 Å². The van der Waals surface area contributed by atoms with Crippen LogP contribution in [0, 0.1) is 23.7 Å². The second kappa shape index (κ2) is 4.52. The molecule has 1 N–H and O–H groups in total. The second-order valence-electron chi connectivity index (χ2n) is 7.00. The molecule has 1 atom stereocenters. The second-order valence-corrected chi connectivity index (χ2v) is 7.00. The summed E-state index contributed by atoms with van der Waals surface area (Å²) in [4.78, 5) is 11.5. The first-order chi connectivity index (χ1) is 8.60. The van der Waals surface area contributed by atoms with Gasteiger partial charge in [0.1, 0.15) is 0 Å². The highest BCUT2D eigenvalue weighted by atomic mass is 16.5. The van der Waals surface area contributed by atoms with Crippen molar-refractivity contribution in [2.45, 2.75) is 51.0 Å². The summed E-state index contributed by atoms with van der Waals surface area (Å²) in [5.74, 6) is 2.75. The molecule has 1 unspecified atom stereocenters. The number of hydrogen-bond donors (Lipinski definition) is 1. The molecule has 3 nitrogen and oxygen atoms in total. The van der Waals surface area contributed by atoms with Crippen LogP contribution in [0.4, 0.5) is 0 Å². The molecule has 4 rings (SSSR count). The van der Waals surface area contributed by atoms with Gasteiger partial charge < -0.3 is 10.1 Å². The monoisotopic (exact) mass is 251 g/mol. The van der Waals surface area contributed by atoms with Crippen LogP contribution in [0.2, 0.25) is 0 Å². The summed E-state index contributed by atoms with van der Waals surface area (Å²) < 4.78 is 4.80. The van der Waals surface area contributed by atoms with Gasteiger partial charge in [0.05, 0.1) is 13.0 Å². The Morgan fingerprint density at radius 2 is 1.72 bits per heavy atom. The summed E-state index contributed by atoms with van der Waals surface area (Å²) in [6, 6.07) is 0. The lowest BCUT2D eigenvalue weighted by molar-refractivity contribution is -0.145. The number of hydrogen-bond acceptors (Lipinski definition) is 3. The summed E-state index contributed by atoms with van der Waals surface area (Å²) in [5.41, 5.74) is 0.358. The fraction of sp³-hybridized carbons (Fsp3) is 0.933. The molecule has 0 amide bonds. The molecular formula is C15H25NO2. The van der Waals surface area contributed by atoms with Gasteiger partial charge in [-0.3, -0.25) is 4.79 Å². The number of carbonyl (C=O) groups is 1. The van der Waals surface area contributed by atoms with Crippen LogP contribution >= 0.6 is 0 Å². The Labute approximate surface area is 110 Å². The molecule has 0 spiro atoms. The van der Waals surface area contributed by atoms with Gasteiger partial charge in [-0.05, 0) is 56.3 Å². The normalized spacial score (nSPS) is 42.9. The van der Waals surface area contributed by atoms with Crippen LogP contribution in [-0.4, -0.2) is 25.2 Å². The largest absolute Gasteiger partial charge is 0.469 e. The van der Waals surface area contributed by atoms with E-state index in [9.17, 15) is 4.79 Å². The molecule has 4 bridgehead atoms. The highest BCUT2D eigenvalue weighted by molar-refractivity contribution is 5.72. The highest BCUT2D eigenvalue weighted by Gasteiger charge is 2.50. The minimum Gasteiger partial charge on any atom is -0.469 e. The van der Waals surface area contributed by atoms with Crippen LogP contribution in [0.15, 0.2) is 0 Å². The summed E-state index contributed by atoms with van der Waals surface area (Å²) in [5, 5.41) is 3.74. The third-order valence-electron chi connectivity index (χ3n) is 5.43. The number of methoxy groups -OCH3 is 1. The fourth-order valence-electron chi connectivity index (χ4n) is 4.98. The predicted octanol–water partition coefficient (Wildman–Crippen LogP) is 2.35. The number of nitrogens with one attached hydrogen (secondary N) is 1. The predicted molar refractivity (Wildman–Crippen MR) is 70.1 cm³/mol. The van der Waals surface area contributed by atoms with E-state index >= 15 is 0 Å². The molecule has 0 saturated heterocycles. The van der Waals surface area contributed by atoms with Gasteiger partial charge in [0.15, 0.2) is 0 Å². The Morgan fingerprint density at radius 3 is 2.17 bits per heavy atom. The van der Waals surface area contributed by atoms with Crippen LogP contribution in [0.1, 0.15) is 45.4 Å². The molecule has 0 heterocycles. The van der Waals surface area contributed by atoms with E-state index in [1.807, 2.05) is 6.92 Å². The zero-order chi connectivity index (χ0) is 12.8. The minimum absolute atomic E-state index is 0.0250. The molecule has 0 aromatic carbocycles. The smallest absolute Gasteiger partial charge is 0.309 e. The fourth-order valence-corrected chi connectivity index (χ4v) is 4.98. The molecule has 0 radical (unpaired) electrons. The lowest BCUT2D eigenvalue weighted by atomic mass is 9.53. The number of esters is 1. The van der Waals surface area contributed by atoms with Gasteiger partial charge in [0, 0.05) is 12.1 Å². The number of ether oxygens (including phenoxy) is 1. The van der Waals surface area contributed by atoms with Crippen molar-refractivity contribution in [3.8, 4) is 0 Å². The zero-order valence-corrected chi connectivity index (χ0v) is 11.6. The highest BCUT2D eigenvalue weighted by Crippen LogP contribution is 2.55. The van der Waals surface area contributed by atoms with Crippen LogP contribution in [0.25, 0.3) is 0 Å². The average molecular weight is 251 g/mol. The van der Waals surface area contributed by atoms with Crippen molar-refractivity contribution in [3.63, 3.8) is 0 Å². The van der Waals surface area contributed by atoms with Gasteiger partial charge in [0.25, 0.3) is 0 Å². The Hall–Kier alpha value is -0.570. The molecule has 4 saturated carbocycles. The SMILES string of the molecule is COC(=O)C(C)CNC12CC3CC(CC(C3)C1)C2. The van der Waals surface area contributed by atoms with Crippen molar-refractivity contribution in [1.29, 1.82) is 0 Å². The van der Waals surface area contributed by atoms with E-state index in [0.29, 0.717) is 5.54 Å². The molecule has 0 aromatic rings. The van der Waals surface area contributed by atoms with Crippen molar-refractivity contribution < 1.29 is 9.53 Å². The maximum absolute atomic E-state index is 11.5. The van der Waals surface area contributed by atoms with Gasteiger partial charge in [-0.2, -0.15) is 0 Å². The van der Waals surface area contributed by atoms with E-state index in [0.717, 1.165) is 24.3 Å². The van der Waals surface area contributed by atoms with Crippen LogP contribution in [0.5, 0.6) is 0 Å². The van der Waals surface area contributed by atoms with Crippen molar-refractivity contribution in [1.82, 2.24) is 5.32 Å². The lowest BCUT2D eigenvalue weighted by Crippen LogP contribution is -2.59. The molecule has 102 valence electrons. The molecule has 0 aromatic heterocycles. The average Bonchev–Trinajstić information content (AvgIpc) is 2.33. The van der Waals surface area contributed by atoms with Crippen molar-refractivity contribution in [2.24, 2.45) is 23.7 Å². The van der Waals surface area contributed by atoms with E-state index in [2.05, 4.69) is 5.32 Å². The van der Waals surface area contributed by atoms with E-state index < -0.39 is 0 Å². The first-order valence-electron chi connectivity index (χ1n) is 7.43. The van der Waals surface area contributed by atoms with Crippen molar-refractivity contribution in [3.05, 3.63) is 0 Å². The van der Waals surface area contributed by atoms with Crippen molar-refractivity contribution >= 4 is 5.97 Å². The third kappa shape index (κ3) is 2.18. The first kappa shape index (κ1) is 12.5. The third-order valence-corrected chi connectivity index (χ3v) is 5.43. The summed E-state index contributed by atoms with van der Waals surface area (Å²) >= 11 is 0. The zero-order valence-electron chi connectivity index (χ0n) is 11.6. The minimum atomic E-state index is -0.0905. The Kier molecular flexibility index (Phi) is 3.13.